The Morgan fingerprint density at radius 3 is 2.30 bits per heavy atom. The summed E-state index contributed by atoms with van der Waals surface area (Å²) >= 11 is 0. The van der Waals surface area contributed by atoms with Crippen molar-refractivity contribution in [3.8, 4) is 5.75 Å². The molecule has 0 bridgehead atoms. The molecular weight excluding hydrogens is 294 g/mol. The van der Waals surface area contributed by atoms with Crippen molar-refractivity contribution in [1.29, 1.82) is 0 Å². The van der Waals surface area contributed by atoms with Gasteiger partial charge in [-0.3, -0.25) is 14.5 Å². The average Bonchev–Trinajstić information content (AvgIpc) is 2.53. The number of nitrogens with zero attached hydrogens (tertiary/aromatic N) is 3. The van der Waals surface area contributed by atoms with E-state index >= 15 is 0 Å². The first-order valence-corrected chi connectivity index (χ1v) is 8.02. The number of piperazine rings is 1. The lowest BCUT2D eigenvalue weighted by Crippen LogP contribution is -2.64. The van der Waals surface area contributed by atoms with Crippen LogP contribution in [-0.4, -0.2) is 78.9 Å². The molecule has 23 heavy (non-hydrogen) atoms. The highest BCUT2D eigenvalue weighted by Gasteiger charge is 2.37. The fourth-order valence-corrected chi connectivity index (χ4v) is 3.25. The summed E-state index contributed by atoms with van der Waals surface area (Å²) in [5.41, 5.74) is 0.620. The van der Waals surface area contributed by atoms with E-state index in [4.69, 9.17) is 4.74 Å². The third kappa shape index (κ3) is 3.17. The number of para-hydroxylation sites is 1. The van der Waals surface area contributed by atoms with E-state index in [2.05, 4.69) is 4.90 Å². The lowest BCUT2D eigenvalue weighted by Gasteiger charge is -2.48. The van der Waals surface area contributed by atoms with Crippen LogP contribution < -0.4 is 4.74 Å². The summed E-state index contributed by atoms with van der Waals surface area (Å²) in [7, 11) is 1.58. The molecule has 0 atom stereocenters. The van der Waals surface area contributed by atoms with Gasteiger partial charge in [-0.25, -0.2) is 0 Å². The molecular formula is C17H23N3O3. The van der Waals surface area contributed by atoms with Crippen molar-refractivity contribution in [2.45, 2.75) is 13.0 Å². The number of hydrogen-bond donors (Lipinski definition) is 0. The van der Waals surface area contributed by atoms with Gasteiger partial charge in [0, 0.05) is 52.2 Å². The van der Waals surface area contributed by atoms with Crippen molar-refractivity contribution >= 4 is 11.8 Å². The molecule has 3 rings (SSSR count). The molecule has 0 saturated carbocycles. The van der Waals surface area contributed by atoms with E-state index in [1.54, 1.807) is 20.1 Å². The minimum absolute atomic E-state index is 0.0288. The van der Waals surface area contributed by atoms with Crippen molar-refractivity contribution in [3.05, 3.63) is 29.8 Å². The first-order valence-electron chi connectivity index (χ1n) is 8.02. The summed E-state index contributed by atoms with van der Waals surface area (Å²) in [4.78, 5) is 30.0. The molecule has 2 fully saturated rings. The Kier molecular flexibility index (Phi) is 4.52. The minimum Gasteiger partial charge on any atom is -0.496 e. The smallest absolute Gasteiger partial charge is 0.257 e. The van der Waals surface area contributed by atoms with Crippen LogP contribution in [0.25, 0.3) is 0 Å². The lowest BCUT2D eigenvalue weighted by atomic mass is 10.0. The van der Waals surface area contributed by atoms with Gasteiger partial charge in [0.2, 0.25) is 5.91 Å². The Labute approximate surface area is 136 Å². The van der Waals surface area contributed by atoms with Crippen LogP contribution in [0.4, 0.5) is 0 Å². The number of hydrogen-bond acceptors (Lipinski definition) is 4. The van der Waals surface area contributed by atoms with Crippen molar-refractivity contribution in [3.63, 3.8) is 0 Å². The van der Waals surface area contributed by atoms with E-state index in [1.165, 1.54) is 0 Å². The number of methoxy groups -OCH3 is 1. The number of carbonyl (C=O) groups is 2. The molecule has 0 aromatic heterocycles. The van der Waals surface area contributed by atoms with Gasteiger partial charge in [-0.15, -0.1) is 0 Å². The molecule has 6 nitrogen and oxygen atoms in total. The molecule has 1 aromatic carbocycles. The molecule has 2 aliphatic rings. The Morgan fingerprint density at radius 2 is 1.70 bits per heavy atom. The summed E-state index contributed by atoms with van der Waals surface area (Å²) in [6.07, 6.45) is 0. The second-order valence-corrected chi connectivity index (χ2v) is 6.11. The van der Waals surface area contributed by atoms with E-state index in [-0.39, 0.29) is 11.8 Å². The normalized spacial score (nSPS) is 19.4. The van der Waals surface area contributed by atoms with Gasteiger partial charge in [0.05, 0.1) is 12.7 Å². The second-order valence-electron chi connectivity index (χ2n) is 6.11. The zero-order valence-corrected chi connectivity index (χ0v) is 13.7. The second kappa shape index (κ2) is 6.58. The van der Waals surface area contributed by atoms with Crippen LogP contribution in [0.2, 0.25) is 0 Å². The van der Waals surface area contributed by atoms with Gasteiger partial charge < -0.3 is 14.5 Å². The maximum Gasteiger partial charge on any atom is 0.257 e. The highest BCUT2D eigenvalue weighted by Crippen LogP contribution is 2.24. The topological polar surface area (TPSA) is 53.1 Å². The van der Waals surface area contributed by atoms with Gasteiger partial charge in [0.1, 0.15) is 5.75 Å². The molecule has 2 aliphatic heterocycles. The SMILES string of the molecule is COc1ccccc1C(=O)N1CC(N2CCN(C(C)=O)CC2)C1. The average molecular weight is 317 g/mol. The number of amides is 2. The van der Waals surface area contributed by atoms with Gasteiger partial charge in [-0.2, -0.15) is 0 Å². The fourth-order valence-electron chi connectivity index (χ4n) is 3.25. The molecule has 0 aliphatic carbocycles. The van der Waals surface area contributed by atoms with Crippen LogP contribution in [-0.2, 0) is 4.79 Å². The summed E-state index contributed by atoms with van der Waals surface area (Å²) in [5, 5.41) is 0. The number of carbonyl (C=O) groups excluding carboxylic acids is 2. The van der Waals surface area contributed by atoms with Crippen LogP contribution in [0, 0.1) is 0 Å². The molecule has 2 heterocycles. The molecule has 0 N–H and O–H groups in total. The molecule has 6 heteroatoms. The van der Waals surface area contributed by atoms with Crippen molar-refractivity contribution in [2.75, 3.05) is 46.4 Å². The Morgan fingerprint density at radius 1 is 1.04 bits per heavy atom. The number of likely N-dealkylation sites (tertiary alicyclic amines) is 1. The first kappa shape index (κ1) is 15.8. The highest BCUT2D eigenvalue weighted by atomic mass is 16.5. The van der Waals surface area contributed by atoms with Crippen LogP contribution in [0.3, 0.4) is 0 Å². The zero-order chi connectivity index (χ0) is 16.4. The van der Waals surface area contributed by atoms with Gasteiger partial charge in [-0.1, -0.05) is 12.1 Å². The third-order valence-electron chi connectivity index (χ3n) is 4.76. The number of ether oxygens (including phenoxy) is 1. The van der Waals surface area contributed by atoms with Gasteiger partial charge >= 0.3 is 0 Å². The predicted octanol–water partition coefficient (Wildman–Crippen LogP) is 0.684. The molecule has 0 radical (unpaired) electrons. The quantitative estimate of drug-likeness (QED) is 0.823. The minimum atomic E-state index is 0.0288. The summed E-state index contributed by atoms with van der Waals surface area (Å²) in [5.74, 6) is 0.795. The van der Waals surface area contributed by atoms with Gasteiger partial charge in [0.15, 0.2) is 0 Å². The van der Waals surface area contributed by atoms with E-state index in [9.17, 15) is 9.59 Å². The third-order valence-corrected chi connectivity index (χ3v) is 4.76. The van der Waals surface area contributed by atoms with Crippen LogP contribution >= 0.6 is 0 Å². The highest BCUT2D eigenvalue weighted by molar-refractivity contribution is 5.97. The van der Waals surface area contributed by atoms with Crippen molar-refractivity contribution in [1.82, 2.24) is 14.7 Å². The van der Waals surface area contributed by atoms with E-state index < -0.39 is 0 Å². The number of rotatable bonds is 3. The monoisotopic (exact) mass is 317 g/mol. The zero-order valence-electron chi connectivity index (χ0n) is 13.7. The maximum atomic E-state index is 12.6. The molecule has 0 spiro atoms. The summed E-state index contributed by atoms with van der Waals surface area (Å²) < 4.78 is 5.27. The summed E-state index contributed by atoms with van der Waals surface area (Å²) in [6.45, 7) is 6.46. The van der Waals surface area contributed by atoms with Crippen molar-refractivity contribution < 1.29 is 14.3 Å². The van der Waals surface area contributed by atoms with E-state index in [0.29, 0.717) is 17.4 Å². The lowest BCUT2D eigenvalue weighted by molar-refractivity contribution is -0.131. The van der Waals surface area contributed by atoms with Gasteiger partial charge in [0.25, 0.3) is 5.91 Å². The molecule has 2 amide bonds. The first-order chi connectivity index (χ1) is 11.1. The Bertz CT molecular complexity index is 591. The molecule has 124 valence electrons. The van der Waals surface area contributed by atoms with E-state index in [0.717, 1.165) is 39.3 Å². The predicted molar refractivity (Wildman–Crippen MR) is 86.5 cm³/mol. The number of benzene rings is 1. The summed E-state index contributed by atoms with van der Waals surface area (Å²) in [6, 6.07) is 7.74. The van der Waals surface area contributed by atoms with E-state index in [1.807, 2.05) is 28.0 Å². The van der Waals surface area contributed by atoms with Crippen molar-refractivity contribution in [2.24, 2.45) is 0 Å². The largest absolute Gasteiger partial charge is 0.496 e. The van der Waals surface area contributed by atoms with Crippen LogP contribution in [0.1, 0.15) is 17.3 Å². The maximum absolute atomic E-state index is 12.6. The van der Waals surface area contributed by atoms with Crippen LogP contribution in [0.5, 0.6) is 5.75 Å². The van der Waals surface area contributed by atoms with Crippen LogP contribution in [0.15, 0.2) is 24.3 Å². The fraction of sp³-hybridized carbons (Fsp3) is 0.529. The molecule has 2 saturated heterocycles. The molecule has 0 unspecified atom stereocenters. The van der Waals surface area contributed by atoms with Gasteiger partial charge in [-0.05, 0) is 12.1 Å². The Hall–Kier alpha value is -2.08. The molecule has 1 aromatic rings. The Balaban J connectivity index is 1.53. The standard InChI is InChI=1S/C17H23N3O3/c1-13(21)18-7-9-19(10-8-18)14-11-20(12-14)17(22)15-5-3-4-6-16(15)23-2/h3-6,14H,7-12H2,1-2H3.